The van der Waals surface area contributed by atoms with E-state index in [1.165, 1.54) is 0 Å². The lowest BCUT2D eigenvalue weighted by Crippen LogP contribution is -2.36. The molecule has 0 aliphatic heterocycles. The van der Waals surface area contributed by atoms with Crippen LogP contribution in [0.5, 0.6) is 0 Å². The van der Waals surface area contributed by atoms with E-state index < -0.39 is 5.60 Å². The van der Waals surface area contributed by atoms with Gasteiger partial charge in [-0.3, -0.25) is 4.98 Å². The Hall–Kier alpha value is -0.970. The molecule has 0 spiro atoms. The maximum atomic E-state index is 9.97. The molecule has 1 aromatic carbocycles. The van der Waals surface area contributed by atoms with Crippen LogP contribution in [0.3, 0.4) is 0 Å². The SMILES string of the molecule is CCC(C)(O)CNCc1ccc(Br)c2cccnc12. The van der Waals surface area contributed by atoms with Gasteiger partial charge in [0.15, 0.2) is 0 Å². The summed E-state index contributed by atoms with van der Waals surface area (Å²) >= 11 is 3.54. The Morgan fingerprint density at radius 1 is 1.37 bits per heavy atom. The van der Waals surface area contributed by atoms with Gasteiger partial charge in [-0.25, -0.2) is 0 Å². The number of fused-ring (bicyclic) bond motifs is 1. The minimum absolute atomic E-state index is 0.577. The van der Waals surface area contributed by atoms with Crippen LogP contribution in [0, 0.1) is 0 Å². The van der Waals surface area contributed by atoms with Crippen LogP contribution >= 0.6 is 15.9 Å². The third kappa shape index (κ3) is 3.53. The highest BCUT2D eigenvalue weighted by Gasteiger charge is 2.16. The van der Waals surface area contributed by atoms with Crippen molar-refractivity contribution in [2.24, 2.45) is 0 Å². The zero-order chi connectivity index (χ0) is 13.9. The fourth-order valence-corrected chi connectivity index (χ4v) is 2.38. The molecule has 1 aromatic heterocycles. The molecule has 0 fully saturated rings. The van der Waals surface area contributed by atoms with Gasteiger partial charge in [-0.05, 0) is 31.0 Å². The van der Waals surface area contributed by atoms with Crippen molar-refractivity contribution >= 4 is 26.8 Å². The number of hydrogen-bond acceptors (Lipinski definition) is 3. The number of rotatable bonds is 5. The molecule has 1 unspecified atom stereocenters. The van der Waals surface area contributed by atoms with Crippen LogP contribution in [0.2, 0.25) is 0 Å². The quantitative estimate of drug-likeness (QED) is 0.888. The van der Waals surface area contributed by atoms with Gasteiger partial charge in [0.25, 0.3) is 0 Å². The molecule has 2 N–H and O–H groups in total. The molecule has 0 amide bonds. The zero-order valence-electron chi connectivity index (χ0n) is 11.3. The van der Waals surface area contributed by atoms with E-state index in [0.29, 0.717) is 13.1 Å². The van der Waals surface area contributed by atoms with E-state index >= 15 is 0 Å². The smallest absolute Gasteiger partial charge is 0.0758 e. The standard InChI is InChI=1S/C15H19BrN2O/c1-3-15(2,19)10-17-9-11-6-7-13(16)12-5-4-8-18-14(11)12/h4-8,17,19H,3,9-10H2,1-2H3. The average molecular weight is 323 g/mol. The van der Waals surface area contributed by atoms with Crippen molar-refractivity contribution in [3.8, 4) is 0 Å². The Morgan fingerprint density at radius 3 is 2.89 bits per heavy atom. The fourth-order valence-electron chi connectivity index (χ4n) is 1.93. The summed E-state index contributed by atoms with van der Waals surface area (Å²) in [4.78, 5) is 4.44. The van der Waals surface area contributed by atoms with Gasteiger partial charge in [-0.2, -0.15) is 0 Å². The second-order valence-electron chi connectivity index (χ2n) is 5.06. The molecule has 1 atom stereocenters. The van der Waals surface area contributed by atoms with Gasteiger partial charge in [-0.1, -0.05) is 35.0 Å². The molecule has 3 nitrogen and oxygen atoms in total. The van der Waals surface area contributed by atoms with Gasteiger partial charge in [0.1, 0.15) is 0 Å². The van der Waals surface area contributed by atoms with Gasteiger partial charge in [0.05, 0.1) is 11.1 Å². The fraction of sp³-hybridized carbons (Fsp3) is 0.400. The topological polar surface area (TPSA) is 45.1 Å². The van der Waals surface area contributed by atoms with Crippen molar-refractivity contribution in [1.29, 1.82) is 0 Å². The van der Waals surface area contributed by atoms with Crippen LogP contribution in [-0.4, -0.2) is 22.2 Å². The summed E-state index contributed by atoms with van der Waals surface area (Å²) in [7, 11) is 0. The Bertz CT molecular complexity index is 569. The van der Waals surface area contributed by atoms with Crippen LogP contribution < -0.4 is 5.32 Å². The highest BCUT2D eigenvalue weighted by atomic mass is 79.9. The number of aliphatic hydroxyl groups is 1. The second-order valence-corrected chi connectivity index (χ2v) is 5.91. The Morgan fingerprint density at radius 2 is 2.16 bits per heavy atom. The van der Waals surface area contributed by atoms with Crippen LogP contribution in [0.25, 0.3) is 10.9 Å². The predicted molar refractivity (Wildman–Crippen MR) is 82.1 cm³/mol. The molecule has 0 radical (unpaired) electrons. The predicted octanol–water partition coefficient (Wildman–Crippen LogP) is 3.25. The first-order chi connectivity index (χ1) is 9.03. The number of hydrogen-bond donors (Lipinski definition) is 2. The van der Waals surface area contributed by atoms with Crippen LogP contribution in [0.1, 0.15) is 25.8 Å². The number of halogens is 1. The van der Waals surface area contributed by atoms with Crippen LogP contribution in [-0.2, 0) is 6.54 Å². The highest BCUT2D eigenvalue weighted by molar-refractivity contribution is 9.10. The number of nitrogens with zero attached hydrogens (tertiary/aromatic N) is 1. The molecule has 4 heteroatoms. The van der Waals surface area contributed by atoms with E-state index in [9.17, 15) is 5.11 Å². The van der Waals surface area contributed by atoms with E-state index in [2.05, 4.69) is 38.4 Å². The monoisotopic (exact) mass is 322 g/mol. The van der Waals surface area contributed by atoms with E-state index in [0.717, 1.165) is 27.4 Å². The van der Waals surface area contributed by atoms with E-state index in [-0.39, 0.29) is 0 Å². The van der Waals surface area contributed by atoms with E-state index in [4.69, 9.17) is 0 Å². The maximum absolute atomic E-state index is 9.97. The second kappa shape index (κ2) is 5.99. The van der Waals surface area contributed by atoms with Gasteiger partial charge in [0, 0.05) is 29.1 Å². The van der Waals surface area contributed by atoms with Crippen molar-refractivity contribution in [2.75, 3.05) is 6.54 Å². The third-order valence-electron chi connectivity index (χ3n) is 3.38. The first kappa shape index (κ1) is 14.4. The lowest BCUT2D eigenvalue weighted by Gasteiger charge is -2.21. The zero-order valence-corrected chi connectivity index (χ0v) is 12.9. The average Bonchev–Trinajstić information content (AvgIpc) is 2.42. The summed E-state index contributed by atoms with van der Waals surface area (Å²) in [5.74, 6) is 0. The molecule has 0 saturated heterocycles. The first-order valence-corrected chi connectivity index (χ1v) is 7.28. The lowest BCUT2D eigenvalue weighted by molar-refractivity contribution is 0.0556. The molecular weight excluding hydrogens is 304 g/mol. The molecular formula is C15H19BrN2O. The molecule has 2 aromatic rings. The number of pyridine rings is 1. The van der Waals surface area contributed by atoms with Crippen LogP contribution in [0.15, 0.2) is 34.9 Å². The lowest BCUT2D eigenvalue weighted by atomic mass is 10.0. The van der Waals surface area contributed by atoms with E-state index in [1.807, 2.05) is 26.0 Å². The molecule has 0 aliphatic carbocycles. The minimum atomic E-state index is -0.654. The third-order valence-corrected chi connectivity index (χ3v) is 4.07. The minimum Gasteiger partial charge on any atom is -0.389 e. The normalized spacial score (nSPS) is 14.5. The van der Waals surface area contributed by atoms with Crippen LogP contribution in [0.4, 0.5) is 0 Å². The Labute approximate surface area is 122 Å². The number of nitrogens with one attached hydrogen (secondary N) is 1. The molecule has 102 valence electrons. The van der Waals surface area contributed by atoms with Crippen molar-refractivity contribution in [3.63, 3.8) is 0 Å². The summed E-state index contributed by atoms with van der Waals surface area (Å²) in [6, 6.07) is 8.09. The highest BCUT2D eigenvalue weighted by Crippen LogP contribution is 2.25. The summed E-state index contributed by atoms with van der Waals surface area (Å²) < 4.78 is 1.06. The molecule has 0 saturated carbocycles. The summed E-state index contributed by atoms with van der Waals surface area (Å²) in [5.41, 5.74) is 1.49. The molecule has 2 rings (SSSR count). The molecule has 19 heavy (non-hydrogen) atoms. The Kier molecular flexibility index (Phi) is 4.55. The molecule has 1 heterocycles. The van der Waals surface area contributed by atoms with Crippen molar-refractivity contribution in [3.05, 3.63) is 40.5 Å². The van der Waals surface area contributed by atoms with Crippen molar-refractivity contribution in [1.82, 2.24) is 10.3 Å². The van der Waals surface area contributed by atoms with Crippen molar-refractivity contribution in [2.45, 2.75) is 32.4 Å². The summed E-state index contributed by atoms with van der Waals surface area (Å²) in [6.45, 7) is 5.11. The van der Waals surface area contributed by atoms with Gasteiger partial charge < -0.3 is 10.4 Å². The molecule has 0 bridgehead atoms. The molecule has 0 aliphatic rings. The van der Waals surface area contributed by atoms with Gasteiger partial charge in [-0.15, -0.1) is 0 Å². The van der Waals surface area contributed by atoms with Crippen molar-refractivity contribution < 1.29 is 5.11 Å². The maximum Gasteiger partial charge on any atom is 0.0758 e. The van der Waals surface area contributed by atoms with Gasteiger partial charge >= 0.3 is 0 Å². The van der Waals surface area contributed by atoms with Gasteiger partial charge in [0.2, 0.25) is 0 Å². The first-order valence-electron chi connectivity index (χ1n) is 6.49. The van der Waals surface area contributed by atoms with E-state index in [1.54, 1.807) is 6.20 Å². The summed E-state index contributed by atoms with van der Waals surface area (Å²) in [6.07, 6.45) is 2.54. The largest absolute Gasteiger partial charge is 0.389 e. The summed E-state index contributed by atoms with van der Waals surface area (Å²) in [5, 5.41) is 14.4. The number of benzene rings is 1. The number of aromatic nitrogens is 1. The Balaban J connectivity index is 2.16.